The van der Waals surface area contributed by atoms with E-state index in [1.54, 1.807) is 17.7 Å². The average Bonchev–Trinajstić information content (AvgIpc) is 3.13. The number of aliphatic hydroxyl groups is 1. The summed E-state index contributed by atoms with van der Waals surface area (Å²) in [6, 6.07) is 11.1. The number of carbonyl (C=O) groups is 1. The number of nitrogens with zero attached hydrogens (tertiary/aromatic N) is 3. The van der Waals surface area contributed by atoms with Gasteiger partial charge in [-0.05, 0) is 42.2 Å². The van der Waals surface area contributed by atoms with Gasteiger partial charge in [-0.15, -0.1) is 0 Å². The molecule has 3 aromatic rings. The average molecular weight is 409 g/mol. The highest BCUT2D eigenvalue weighted by Crippen LogP contribution is 2.33. The highest BCUT2D eigenvalue weighted by molar-refractivity contribution is 5.95. The number of rotatable bonds is 6. The Kier molecular flexibility index (Phi) is 6.22. The standard InChI is InChI=1S/C23H28N4O3/c1-15(14-28)25-21(29)16-11-19(20-9-10-27(5)26-20)22(24-13-16)30-18-8-6-7-17(12-18)23(2,3)4/h6-13,15,28H,14H2,1-5H3,(H,25,29)/t15-/m1/s1. The van der Waals surface area contributed by atoms with E-state index in [0.29, 0.717) is 28.5 Å². The summed E-state index contributed by atoms with van der Waals surface area (Å²) in [6.45, 7) is 8.02. The van der Waals surface area contributed by atoms with Crippen molar-refractivity contribution in [1.82, 2.24) is 20.1 Å². The molecule has 0 spiro atoms. The molecule has 2 aromatic heterocycles. The predicted octanol–water partition coefficient (Wildman–Crippen LogP) is 3.68. The third-order valence-corrected chi connectivity index (χ3v) is 4.67. The number of ether oxygens (including phenoxy) is 1. The number of hydrogen-bond acceptors (Lipinski definition) is 5. The Bertz CT molecular complexity index is 1040. The van der Waals surface area contributed by atoms with Crippen LogP contribution in [0.3, 0.4) is 0 Å². The summed E-state index contributed by atoms with van der Waals surface area (Å²) in [7, 11) is 1.82. The molecule has 0 unspecified atom stereocenters. The largest absolute Gasteiger partial charge is 0.438 e. The predicted molar refractivity (Wildman–Crippen MR) is 116 cm³/mol. The molecule has 2 N–H and O–H groups in total. The second-order valence-corrected chi connectivity index (χ2v) is 8.39. The molecule has 158 valence electrons. The minimum atomic E-state index is -0.355. The summed E-state index contributed by atoms with van der Waals surface area (Å²) in [4.78, 5) is 16.9. The normalized spacial score (nSPS) is 12.5. The zero-order chi connectivity index (χ0) is 21.9. The lowest BCUT2D eigenvalue weighted by Crippen LogP contribution is -2.35. The van der Waals surface area contributed by atoms with Gasteiger partial charge >= 0.3 is 0 Å². The van der Waals surface area contributed by atoms with Crippen molar-refractivity contribution in [2.75, 3.05) is 6.61 Å². The molecule has 0 saturated carbocycles. The van der Waals surface area contributed by atoms with Crippen molar-refractivity contribution in [2.45, 2.75) is 39.2 Å². The van der Waals surface area contributed by atoms with Crippen LogP contribution in [0.25, 0.3) is 11.3 Å². The number of amides is 1. The third kappa shape index (κ3) is 5.04. The third-order valence-electron chi connectivity index (χ3n) is 4.67. The Labute approximate surface area is 176 Å². The first-order valence-corrected chi connectivity index (χ1v) is 9.87. The number of aromatic nitrogens is 3. The van der Waals surface area contributed by atoms with Crippen LogP contribution in [0.5, 0.6) is 11.6 Å². The smallest absolute Gasteiger partial charge is 0.253 e. The van der Waals surface area contributed by atoms with E-state index in [1.807, 2.05) is 37.5 Å². The molecule has 3 rings (SSSR count). The number of benzene rings is 1. The van der Waals surface area contributed by atoms with Crippen molar-refractivity contribution in [3.8, 4) is 22.9 Å². The maximum absolute atomic E-state index is 12.5. The van der Waals surface area contributed by atoms with Crippen molar-refractivity contribution >= 4 is 5.91 Å². The van der Waals surface area contributed by atoms with Crippen molar-refractivity contribution in [2.24, 2.45) is 7.05 Å². The molecule has 30 heavy (non-hydrogen) atoms. The molecule has 2 heterocycles. The van der Waals surface area contributed by atoms with E-state index in [1.165, 1.54) is 6.20 Å². The molecule has 1 aromatic carbocycles. The second-order valence-electron chi connectivity index (χ2n) is 8.39. The Morgan fingerprint density at radius 3 is 2.67 bits per heavy atom. The molecule has 0 aliphatic carbocycles. The van der Waals surface area contributed by atoms with Gasteiger partial charge in [0.05, 0.1) is 23.4 Å². The summed E-state index contributed by atoms with van der Waals surface area (Å²) in [5, 5.41) is 16.4. The van der Waals surface area contributed by atoms with E-state index in [9.17, 15) is 9.90 Å². The quantitative estimate of drug-likeness (QED) is 0.649. The monoisotopic (exact) mass is 408 g/mol. The van der Waals surface area contributed by atoms with Gasteiger partial charge in [-0.1, -0.05) is 32.9 Å². The Morgan fingerprint density at radius 1 is 1.27 bits per heavy atom. The van der Waals surface area contributed by atoms with Crippen molar-refractivity contribution in [1.29, 1.82) is 0 Å². The maximum atomic E-state index is 12.5. The van der Waals surface area contributed by atoms with Crippen LogP contribution in [0.4, 0.5) is 0 Å². The number of nitrogens with one attached hydrogen (secondary N) is 1. The fourth-order valence-corrected chi connectivity index (χ4v) is 2.89. The number of aliphatic hydroxyl groups excluding tert-OH is 1. The van der Waals surface area contributed by atoms with Gasteiger partial charge in [0.1, 0.15) is 5.75 Å². The summed E-state index contributed by atoms with van der Waals surface area (Å²) in [5.74, 6) is 0.715. The molecule has 0 bridgehead atoms. The van der Waals surface area contributed by atoms with Gasteiger partial charge in [-0.3, -0.25) is 9.48 Å². The number of hydrogen-bond donors (Lipinski definition) is 2. The van der Waals surface area contributed by atoms with Crippen LogP contribution in [0.15, 0.2) is 48.8 Å². The van der Waals surface area contributed by atoms with Crippen molar-refractivity contribution in [3.63, 3.8) is 0 Å². The Balaban J connectivity index is 1.99. The fraction of sp³-hybridized carbons (Fsp3) is 0.348. The lowest BCUT2D eigenvalue weighted by molar-refractivity contribution is 0.0922. The number of pyridine rings is 1. The lowest BCUT2D eigenvalue weighted by Gasteiger charge is -2.20. The van der Waals surface area contributed by atoms with Gasteiger partial charge in [0.2, 0.25) is 5.88 Å². The van der Waals surface area contributed by atoms with Crippen LogP contribution in [0.1, 0.15) is 43.6 Å². The summed E-state index contributed by atoms with van der Waals surface area (Å²) in [5.41, 5.74) is 2.76. The molecular formula is C23H28N4O3. The highest BCUT2D eigenvalue weighted by Gasteiger charge is 2.18. The van der Waals surface area contributed by atoms with Gasteiger partial charge in [-0.2, -0.15) is 5.10 Å². The first-order valence-electron chi connectivity index (χ1n) is 9.87. The van der Waals surface area contributed by atoms with E-state index < -0.39 is 0 Å². The van der Waals surface area contributed by atoms with Crippen LogP contribution in [-0.4, -0.2) is 38.4 Å². The van der Waals surface area contributed by atoms with Gasteiger partial charge in [0, 0.05) is 25.5 Å². The minimum Gasteiger partial charge on any atom is -0.438 e. The zero-order valence-electron chi connectivity index (χ0n) is 18.0. The van der Waals surface area contributed by atoms with E-state index >= 15 is 0 Å². The van der Waals surface area contributed by atoms with Gasteiger partial charge in [0.25, 0.3) is 5.91 Å². The SMILES string of the molecule is C[C@H](CO)NC(=O)c1cnc(Oc2cccc(C(C)(C)C)c2)c(-c2ccn(C)n2)c1. The minimum absolute atomic E-state index is 0.0119. The molecule has 7 nitrogen and oxygen atoms in total. The van der Waals surface area contributed by atoms with Crippen LogP contribution in [0.2, 0.25) is 0 Å². The molecule has 0 aliphatic heterocycles. The summed E-state index contributed by atoms with van der Waals surface area (Å²) >= 11 is 0. The zero-order valence-corrected chi connectivity index (χ0v) is 18.0. The molecule has 0 aliphatic rings. The Hall–Kier alpha value is -3.19. The second kappa shape index (κ2) is 8.67. The molecule has 0 saturated heterocycles. The van der Waals surface area contributed by atoms with Crippen molar-refractivity contribution < 1.29 is 14.6 Å². The molecule has 1 atom stereocenters. The van der Waals surface area contributed by atoms with E-state index in [0.717, 1.165) is 5.56 Å². The van der Waals surface area contributed by atoms with Crippen LogP contribution < -0.4 is 10.1 Å². The topological polar surface area (TPSA) is 89.3 Å². The van der Waals surface area contributed by atoms with E-state index in [4.69, 9.17) is 4.74 Å². The summed E-state index contributed by atoms with van der Waals surface area (Å²) in [6.07, 6.45) is 3.29. The maximum Gasteiger partial charge on any atom is 0.253 e. The first-order chi connectivity index (χ1) is 14.2. The van der Waals surface area contributed by atoms with Gasteiger partial charge in [0.15, 0.2) is 0 Å². The Morgan fingerprint density at radius 2 is 2.03 bits per heavy atom. The fourth-order valence-electron chi connectivity index (χ4n) is 2.89. The van der Waals surface area contributed by atoms with E-state index in [-0.39, 0.29) is 24.0 Å². The van der Waals surface area contributed by atoms with Gasteiger partial charge < -0.3 is 15.2 Å². The molecule has 7 heteroatoms. The summed E-state index contributed by atoms with van der Waals surface area (Å²) < 4.78 is 7.79. The van der Waals surface area contributed by atoms with Crippen LogP contribution in [-0.2, 0) is 12.5 Å². The molecule has 1 amide bonds. The van der Waals surface area contributed by atoms with E-state index in [2.05, 4.69) is 42.2 Å². The van der Waals surface area contributed by atoms with Crippen molar-refractivity contribution in [3.05, 3.63) is 59.9 Å². The van der Waals surface area contributed by atoms with Crippen LogP contribution >= 0.6 is 0 Å². The number of aryl methyl sites for hydroxylation is 1. The lowest BCUT2D eigenvalue weighted by atomic mass is 9.87. The highest BCUT2D eigenvalue weighted by atomic mass is 16.5. The van der Waals surface area contributed by atoms with Gasteiger partial charge in [-0.25, -0.2) is 4.98 Å². The van der Waals surface area contributed by atoms with Crippen LogP contribution in [0, 0.1) is 0 Å². The first kappa shape index (κ1) is 21.5. The molecule has 0 fully saturated rings. The molecule has 0 radical (unpaired) electrons. The number of carbonyl (C=O) groups excluding carboxylic acids is 1. The molecular weight excluding hydrogens is 380 g/mol.